The molecular weight excluding hydrogens is 418 g/mol. The summed E-state index contributed by atoms with van der Waals surface area (Å²) in [6.07, 6.45) is 4.94. The second-order valence-electron chi connectivity index (χ2n) is 6.92. The first kappa shape index (κ1) is 30.9. The summed E-state index contributed by atoms with van der Waals surface area (Å²) in [7, 11) is 1.51. The third-order valence-corrected chi connectivity index (χ3v) is 4.58. The van der Waals surface area contributed by atoms with Crippen LogP contribution >= 0.6 is 11.3 Å². The number of nitrogens with two attached hydrogens (primary N) is 2. The summed E-state index contributed by atoms with van der Waals surface area (Å²) in [6, 6.07) is 0.435. The minimum absolute atomic E-state index is 0.260. The number of thiophene rings is 1. The van der Waals surface area contributed by atoms with Crippen molar-refractivity contribution in [2.24, 2.45) is 16.6 Å². The minimum atomic E-state index is -0.958. The number of allylic oxidation sites excluding steroid dienone is 1. The molecule has 10 heteroatoms. The molecule has 1 rings (SSSR count). The number of hydrazone groups is 1. The number of aldehydes is 1. The summed E-state index contributed by atoms with van der Waals surface area (Å²) in [5.41, 5.74) is 13.5. The standard InChI is InChI=1S/C12H15N3O3S.C5H13N.C4H11NO/c1-8(4-13-15-9(2)5-16)14-12(17)10-6-19-7-11(10)18-3;1-3-5(6)4-2;1-3-4(2,5)6/h4-7,13H,1-3H3,(H,14,17);5H,3-4,6H2,1-2H3;6H,3,5H2,1-2H3/b8-4+,15-9+;;/t;;4-/m..1/s1. The highest BCUT2D eigenvalue weighted by Crippen LogP contribution is 2.22. The number of amides is 1. The van der Waals surface area contributed by atoms with Crippen LogP contribution < -0.4 is 26.9 Å². The van der Waals surface area contributed by atoms with Gasteiger partial charge in [0.2, 0.25) is 0 Å². The fraction of sp³-hybridized carbons (Fsp3) is 0.571. The van der Waals surface area contributed by atoms with Crippen molar-refractivity contribution < 1.29 is 19.4 Å². The molecule has 1 aromatic heterocycles. The molecule has 0 radical (unpaired) electrons. The highest BCUT2D eigenvalue weighted by molar-refractivity contribution is 7.08. The second kappa shape index (κ2) is 17.4. The van der Waals surface area contributed by atoms with Gasteiger partial charge in [0.15, 0.2) is 6.29 Å². The number of aliphatic hydroxyl groups is 1. The van der Waals surface area contributed by atoms with Crippen LogP contribution in [0.5, 0.6) is 5.75 Å². The summed E-state index contributed by atoms with van der Waals surface area (Å²) in [6.45, 7) is 10.9. The normalized spacial score (nSPS) is 13.1. The molecule has 0 fully saturated rings. The third-order valence-electron chi connectivity index (χ3n) is 3.86. The summed E-state index contributed by atoms with van der Waals surface area (Å²) < 4.78 is 5.07. The van der Waals surface area contributed by atoms with Crippen LogP contribution in [-0.4, -0.2) is 41.9 Å². The van der Waals surface area contributed by atoms with E-state index in [1.54, 1.807) is 31.5 Å². The summed E-state index contributed by atoms with van der Waals surface area (Å²) >= 11 is 1.39. The van der Waals surface area contributed by atoms with Gasteiger partial charge in [-0.3, -0.25) is 15.0 Å². The predicted octanol–water partition coefficient (Wildman–Crippen LogP) is 2.71. The van der Waals surface area contributed by atoms with Crippen molar-refractivity contribution in [2.45, 2.75) is 72.6 Å². The van der Waals surface area contributed by atoms with E-state index < -0.39 is 5.72 Å². The number of rotatable bonds is 9. The molecule has 0 aliphatic heterocycles. The van der Waals surface area contributed by atoms with Gasteiger partial charge in [0.1, 0.15) is 11.5 Å². The molecule has 31 heavy (non-hydrogen) atoms. The summed E-state index contributed by atoms with van der Waals surface area (Å²) in [5, 5.41) is 18.5. The van der Waals surface area contributed by atoms with Crippen LogP contribution in [0.15, 0.2) is 27.8 Å². The van der Waals surface area contributed by atoms with Crippen molar-refractivity contribution in [1.82, 2.24) is 10.7 Å². The molecule has 0 aliphatic rings. The van der Waals surface area contributed by atoms with E-state index in [1.807, 2.05) is 6.92 Å². The fourth-order valence-corrected chi connectivity index (χ4v) is 2.21. The van der Waals surface area contributed by atoms with Crippen molar-refractivity contribution >= 4 is 29.2 Å². The van der Waals surface area contributed by atoms with Gasteiger partial charge in [-0.15, -0.1) is 11.3 Å². The Morgan fingerprint density at radius 2 is 1.87 bits per heavy atom. The average Bonchev–Trinajstić information content (AvgIpc) is 3.22. The lowest BCUT2D eigenvalue weighted by molar-refractivity contribution is -0.102. The molecule has 7 N–H and O–H groups in total. The van der Waals surface area contributed by atoms with Crippen molar-refractivity contribution in [3.63, 3.8) is 0 Å². The first-order chi connectivity index (χ1) is 14.4. The van der Waals surface area contributed by atoms with E-state index in [1.165, 1.54) is 24.6 Å². The Morgan fingerprint density at radius 3 is 2.26 bits per heavy atom. The highest BCUT2D eigenvalue weighted by Gasteiger charge is 2.12. The lowest BCUT2D eigenvalue weighted by Crippen LogP contribution is -2.34. The van der Waals surface area contributed by atoms with Crippen LogP contribution in [0.2, 0.25) is 0 Å². The van der Waals surface area contributed by atoms with Gasteiger partial charge < -0.3 is 26.6 Å². The van der Waals surface area contributed by atoms with E-state index >= 15 is 0 Å². The molecule has 0 saturated carbocycles. The zero-order valence-electron chi connectivity index (χ0n) is 19.7. The first-order valence-corrected chi connectivity index (χ1v) is 11.0. The van der Waals surface area contributed by atoms with Crippen LogP contribution in [-0.2, 0) is 4.79 Å². The molecule has 178 valence electrons. The fourth-order valence-electron chi connectivity index (χ4n) is 1.44. The number of methoxy groups -OCH3 is 1. The van der Waals surface area contributed by atoms with E-state index in [0.29, 0.717) is 41.5 Å². The molecule has 1 heterocycles. The lowest BCUT2D eigenvalue weighted by atomic mass is 10.2. The quantitative estimate of drug-likeness (QED) is 0.165. The average molecular weight is 458 g/mol. The van der Waals surface area contributed by atoms with Gasteiger partial charge in [0.25, 0.3) is 5.91 Å². The van der Waals surface area contributed by atoms with Crippen LogP contribution in [0, 0.1) is 0 Å². The molecule has 0 aliphatic carbocycles. The van der Waals surface area contributed by atoms with Gasteiger partial charge >= 0.3 is 0 Å². The maximum Gasteiger partial charge on any atom is 0.260 e. The smallest absolute Gasteiger partial charge is 0.260 e. The number of carbonyl (C=O) groups excluding carboxylic acids is 2. The summed E-state index contributed by atoms with van der Waals surface area (Å²) in [4.78, 5) is 22.2. The molecule has 1 aromatic rings. The number of nitrogens with zero attached hydrogens (tertiary/aromatic N) is 1. The topological polar surface area (TPSA) is 152 Å². The predicted molar refractivity (Wildman–Crippen MR) is 128 cm³/mol. The zero-order chi connectivity index (χ0) is 24.4. The van der Waals surface area contributed by atoms with Gasteiger partial charge in [0, 0.05) is 28.7 Å². The number of hydrogen-bond acceptors (Lipinski definition) is 9. The zero-order valence-corrected chi connectivity index (χ0v) is 20.5. The molecule has 9 nitrogen and oxygen atoms in total. The maximum atomic E-state index is 11.9. The maximum absolute atomic E-state index is 11.9. The molecular formula is C21H39N5O4S. The Balaban J connectivity index is 0. The van der Waals surface area contributed by atoms with Crippen LogP contribution in [0.1, 0.15) is 71.2 Å². The number of ether oxygens (including phenoxy) is 1. The Labute approximate surface area is 189 Å². The van der Waals surface area contributed by atoms with E-state index in [9.17, 15) is 9.59 Å². The van der Waals surface area contributed by atoms with E-state index in [2.05, 4.69) is 29.7 Å². The van der Waals surface area contributed by atoms with Crippen molar-refractivity contribution in [3.05, 3.63) is 28.2 Å². The largest absolute Gasteiger partial charge is 0.495 e. The van der Waals surface area contributed by atoms with Crippen LogP contribution in [0.25, 0.3) is 0 Å². The Hall–Kier alpha value is -2.27. The minimum Gasteiger partial charge on any atom is -0.495 e. The third kappa shape index (κ3) is 17.1. The highest BCUT2D eigenvalue weighted by atomic mass is 32.1. The van der Waals surface area contributed by atoms with Crippen LogP contribution in [0.4, 0.5) is 0 Å². The number of carbonyl (C=O) groups is 2. The molecule has 0 spiro atoms. The number of hydrogen-bond donors (Lipinski definition) is 5. The molecule has 0 saturated heterocycles. The molecule has 0 unspecified atom stereocenters. The number of nitrogens with one attached hydrogen (secondary N) is 2. The van der Waals surface area contributed by atoms with Crippen LogP contribution in [0.3, 0.4) is 0 Å². The Bertz CT molecular complexity index is 692. The first-order valence-electron chi connectivity index (χ1n) is 10.1. The summed E-state index contributed by atoms with van der Waals surface area (Å²) in [5.74, 6) is 0.280. The van der Waals surface area contributed by atoms with Gasteiger partial charge in [0.05, 0.1) is 18.4 Å². The molecule has 0 bridgehead atoms. The van der Waals surface area contributed by atoms with Gasteiger partial charge in [-0.25, -0.2) is 0 Å². The van der Waals surface area contributed by atoms with Crippen molar-refractivity contribution in [1.29, 1.82) is 0 Å². The van der Waals surface area contributed by atoms with E-state index in [0.717, 1.165) is 12.8 Å². The van der Waals surface area contributed by atoms with Gasteiger partial charge in [-0.05, 0) is 40.0 Å². The molecule has 0 aromatic carbocycles. The van der Waals surface area contributed by atoms with Gasteiger partial charge in [-0.2, -0.15) is 5.10 Å². The van der Waals surface area contributed by atoms with E-state index in [-0.39, 0.29) is 5.91 Å². The lowest BCUT2D eigenvalue weighted by Gasteiger charge is -2.11. The van der Waals surface area contributed by atoms with E-state index in [4.69, 9.17) is 21.3 Å². The Kier molecular flexibility index (Phi) is 17.4. The monoisotopic (exact) mass is 457 g/mol. The van der Waals surface area contributed by atoms with Crippen molar-refractivity contribution in [3.8, 4) is 5.75 Å². The van der Waals surface area contributed by atoms with Crippen molar-refractivity contribution in [2.75, 3.05) is 7.11 Å². The SMILES string of the molecule is CCC(N)CC.CC[C@](C)(N)O.COc1cscc1C(=O)N/C(C)=C/N/N=C(\C)C=O. The Morgan fingerprint density at radius 1 is 1.32 bits per heavy atom. The molecule has 1 amide bonds. The molecule has 1 atom stereocenters. The second-order valence-corrected chi connectivity index (χ2v) is 7.67. The van der Waals surface area contributed by atoms with Gasteiger partial charge in [-0.1, -0.05) is 20.8 Å².